The van der Waals surface area contributed by atoms with Crippen molar-refractivity contribution in [3.05, 3.63) is 58.6 Å². The number of nitrogens with one attached hydrogen (secondary N) is 1. The maximum Gasteiger partial charge on any atom is 0.261 e. The number of halogens is 1. The number of rotatable bonds is 8. The Labute approximate surface area is 154 Å². The van der Waals surface area contributed by atoms with Crippen LogP contribution in [0.25, 0.3) is 0 Å². The minimum atomic E-state index is -0.516. The second-order valence-corrected chi connectivity index (χ2v) is 6.29. The fourth-order valence-electron chi connectivity index (χ4n) is 2.26. The van der Waals surface area contributed by atoms with Crippen LogP contribution < -0.4 is 14.8 Å². The number of hydrogen-bond donors (Lipinski definition) is 1. The second kappa shape index (κ2) is 9.33. The van der Waals surface area contributed by atoms with Crippen LogP contribution in [0.5, 0.6) is 11.5 Å². The van der Waals surface area contributed by atoms with Crippen LogP contribution in [0.1, 0.15) is 24.5 Å². The molecule has 0 fully saturated rings. The molecule has 2 aromatic carbocycles. The molecule has 0 heterocycles. The van der Waals surface area contributed by atoms with Crippen LogP contribution in [0.3, 0.4) is 0 Å². The number of hydrogen-bond acceptors (Lipinski definition) is 3. The predicted octanol–water partition coefficient (Wildman–Crippen LogP) is 4.31. The van der Waals surface area contributed by atoms with Crippen molar-refractivity contribution in [2.24, 2.45) is 0 Å². The van der Waals surface area contributed by atoms with E-state index in [1.807, 2.05) is 39.0 Å². The lowest BCUT2D eigenvalue weighted by molar-refractivity contribution is -0.128. The minimum absolute atomic E-state index is 0.138. The molecule has 2 aromatic rings. The molecule has 0 spiro atoms. The van der Waals surface area contributed by atoms with Gasteiger partial charge < -0.3 is 14.8 Å². The minimum Gasteiger partial charge on any atom is -0.492 e. The van der Waals surface area contributed by atoms with Crippen molar-refractivity contribution in [1.82, 2.24) is 5.32 Å². The van der Waals surface area contributed by atoms with Gasteiger partial charge in [0, 0.05) is 5.02 Å². The molecule has 1 N–H and O–H groups in total. The molecule has 0 aliphatic heterocycles. The third-order valence-electron chi connectivity index (χ3n) is 3.90. The van der Waals surface area contributed by atoms with Crippen LogP contribution in [0.2, 0.25) is 5.02 Å². The fourth-order valence-corrected chi connectivity index (χ4v) is 2.39. The van der Waals surface area contributed by atoms with Gasteiger partial charge in [-0.1, -0.05) is 24.6 Å². The number of aryl methyl sites for hydroxylation is 2. The Kier molecular flexibility index (Phi) is 7.14. The number of benzene rings is 2. The number of carbonyl (C=O) groups is 1. The van der Waals surface area contributed by atoms with Crippen molar-refractivity contribution in [3.8, 4) is 11.5 Å². The van der Waals surface area contributed by atoms with Gasteiger partial charge in [-0.15, -0.1) is 0 Å². The maximum absolute atomic E-state index is 12.3. The zero-order chi connectivity index (χ0) is 18.2. The first-order valence-corrected chi connectivity index (χ1v) is 8.77. The summed E-state index contributed by atoms with van der Waals surface area (Å²) in [7, 11) is 0. The molecule has 0 unspecified atom stereocenters. The van der Waals surface area contributed by atoms with Gasteiger partial charge in [0.15, 0.2) is 6.10 Å². The van der Waals surface area contributed by atoms with Crippen LogP contribution in [0.4, 0.5) is 0 Å². The highest BCUT2D eigenvalue weighted by atomic mass is 35.5. The molecule has 0 radical (unpaired) electrons. The van der Waals surface area contributed by atoms with Gasteiger partial charge in [-0.25, -0.2) is 0 Å². The molecule has 134 valence electrons. The van der Waals surface area contributed by atoms with E-state index in [0.717, 1.165) is 11.3 Å². The summed E-state index contributed by atoms with van der Waals surface area (Å²) in [5.41, 5.74) is 2.34. The Balaban J connectivity index is 1.79. The summed E-state index contributed by atoms with van der Waals surface area (Å²) in [5, 5.41) is 3.51. The van der Waals surface area contributed by atoms with E-state index in [0.29, 0.717) is 30.3 Å². The van der Waals surface area contributed by atoms with Crippen molar-refractivity contribution < 1.29 is 14.3 Å². The lowest BCUT2D eigenvalue weighted by Gasteiger charge is -2.18. The first kappa shape index (κ1) is 19.1. The highest BCUT2D eigenvalue weighted by molar-refractivity contribution is 6.30. The molecule has 0 aromatic heterocycles. The molecule has 1 atom stereocenters. The average Bonchev–Trinajstić information content (AvgIpc) is 2.61. The van der Waals surface area contributed by atoms with Gasteiger partial charge in [0.25, 0.3) is 5.91 Å². The molecule has 5 heteroatoms. The number of carbonyl (C=O) groups excluding carboxylic acids is 1. The summed E-state index contributed by atoms with van der Waals surface area (Å²) in [5.74, 6) is 1.29. The highest BCUT2D eigenvalue weighted by Gasteiger charge is 2.18. The molecular formula is C20H24ClNO3. The smallest absolute Gasteiger partial charge is 0.261 e. The number of ether oxygens (including phenoxy) is 2. The molecule has 0 aliphatic carbocycles. The van der Waals surface area contributed by atoms with Gasteiger partial charge in [0.2, 0.25) is 0 Å². The van der Waals surface area contributed by atoms with Crippen LogP contribution in [0, 0.1) is 13.8 Å². The van der Waals surface area contributed by atoms with E-state index in [1.54, 1.807) is 24.3 Å². The van der Waals surface area contributed by atoms with Crippen molar-refractivity contribution in [2.75, 3.05) is 13.2 Å². The summed E-state index contributed by atoms with van der Waals surface area (Å²) < 4.78 is 11.4. The largest absolute Gasteiger partial charge is 0.492 e. The second-order valence-electron chi connectivity index (χ2n) is 5.85. The molecule has 0 saturated heterocycles. The third kappa shape index (κ3) is 5.98. The summed E-state index contributed by atoms with van der Waals surface area (Å²) in [4.78, 5) is 12.3. The Morgan fingerprint density at radius 1 is 1.08 bits per heavy atom. The SMILES string of the molecule is CC[C@@H](Oc1ccc(C)c(C)c1)C(=O)NCCOc1ccc(Cl)cc1. The van der Waals surface area contributed by atoms with Gasteiger partial charge in [-0.2, -0.15) is 0 Å². The zero-order valence-corrected chi connectivity index (χ0v) is 15.6. The molecule has 0 saturated carbocycles. The molecule has 0 bridgehead atoms. The Morgan fingerprint density at radius 2 is 1.76 bits per heavy atom. The Bertz CT molecular complexity index is 701. The van der Waals surface area contributed by atoms with Gasteiger partial charge >= 0.3 is 0 Å². The van der Waals surface area contributed by atoms with Gasteiger partial charge in [0.05, 0.1) is 6.54 Å². The van der Waals surface area contributed by atoms with Crippen LogP contribution >= 0.6 is 11.6 Å². The first-order chi connectivity index (χ1) is 12.0. The average molecular weight is 362 g/mol. The molecule has 1 amide bonds. The van der Waals surface area contributed by atoms with E-state index in [2.05, 4.69) is 5.32 Å². The molecular weight excluding hydrogens is 338 g/mol. The van der Waals surface area contributed by atoms with Crippen molar-refractivity contribution in [3.63, 3.8) is 0 Å². The molecule has 0 aliphatic rings. The standard InChI is InChI=1S/C20H24ClNO3/c1-4-19(25-18-8-5-14(2)15(3)13-18)20(23)22-11-12-24-17-9-6-16(21)7-10-17/h5-10,13,19H,4,11-12H2,1-3H3,(H,22,23)/t19-/m1/s1. The quantitative estimate of drug-likeness (QED) is 0.713. The fraction of sp³-hybridized carbons (Fsp3) is 0.350. The van der Waals surface area contributed by atoms with E-state index in [1.165, 1.54) is 5.56 Å². The van der Waals surface area contributed by atoms with E-state index in [-0.39, 0.29) is 5.91 Å². The Hall–Kier alpha value is -2.20. The van der Waals surface area contributed by atoms with Crippen molar-refractivity contribution >= 4 is 17.5 Å². The van der Waals surface area contributed by atoms with Gasteiger partial charge in [-0.05, 0) is 67.8 Å². The Morgan fingerprint density at radius 3 is 2.40 bits per heavy atom. The first-order valence-electron chi connectivity index (χ1n) is 8.39. The summed E-state index contributed by atoms with van der Waals surface area (Å²) in [6.45, 7) is 6.79. The predicted molar refractivity (Wildman–Crippen MR) is 101 cm³/mol. The van der Waals surface area contributed by atoms with Crippen molar-refractivity contribution in [2.45, 2.75) is 33.3 Å². The van der Waals surface area contributed by atoms with Gasteiger partial charge in [0.1, 0.15) is 18.1 Å². The molecule has 4 nitrogen and oxygen atoms in total. The van der Waals surface area contributed by atoms with Crippen molar-refractivity contribution in [1.29, 1.82) is 0 Å². The van der Waals surface area contributed by atoms with Crippen LogP contribution in [0.15, 0.2) is 42.5 Å². The monoisotopic (exact) mass is 361 g/mol. The molecule has 2 rings (SSSR count). The van der Waals surface area contributed by atoms with E-state index < -0.39 is 6.10 Å². The zero-order valence-electron chi connectivity index (χ0n) is 14.8. The molecule has 25 heavy (non-hydrogen) atoms. The lowest BCUT2D eigenvalue weighted by atomic mass is 10.1. The van der Waals surface area contributed by atoms with E-state index in [4.69, 9.17) is 21.1 Å². The van der Waals surface area contributed by atoms with E-state index in [9.17, 15) is 4.79 Å². The van der Waals surface area contributed by atoms with E-state index >= 15 is 0 Å². The summed E-state index contributed by atoms with van der Waals surface area (Å²) in [6.07, 6.45) is 0.0780. The van der Waals surface area contributed by atoms with Crippen LogP contribution in [-0.4, -0.2) is 25.2 Å². The highest BCUT2D eigenvalue weighted by Crippen LogP contribution is 2.18. The summed E-state index contributed by atoms with van der Waals surface area (Å²) >= 11 is 5.82. The van der Waals surface area contributed by atoms with Crippen LogP contribution in [-0.2, 0) is 4.79 Å². The summed E-state index contributed by atoms with van der Waals surface area (Å²) in [6, 6.07) is 13.0. The normalized spacial score (nSPS) is 11.7. The third-order valence-corrected chi connectivity index (χ3v) is 4.16. The van der Waals surface area contributed by atoms with Gasteiger partial charge in [-0.3, -0.25) is 4.79 Å². The topological polar surface area (TPSA) is 47.6 Å². The number of amides is 1. The maximum atomic E-state index is 12.3. The lowest BCUT2D eigenvalue weighted by Crippen LogP contribution is -2.39.